The molecule has 1 unspecified atom stereocenters. The Morgan fingerprint density at radius 3 is 2.60 bits per heavy atom. The van der Waals surface area contributed by atoms with Gasteiger partial charge in [-0.2, -0.15) is 0 Å². The Kier molecular flexibility index (Phi) is 7.52. The van der Waals surface area contributed by atoms with Gasteiger partial charge in [0.25, 0.3) is 0 Å². The van der Waals surface area contributed by atoms with Crippen LogP contribution in [0, 0.1) is 5.92 Å². The molecule has 1 atom stereocenters. The molecule has 0 radical (unpaired) electrons. The van der Waals surface area contributed by atoms with E-state index >= 15 is 0 Å². The number of nitrogens with one attached hydrogen (secondary N) is 2. The third-order valence-electron chi connectivity index (χ3n) is 5.05. The standard InChI is InChI=1S/C19H31N3O3/c1-14(22-11-8-15(9-12-22)7-10-20-2)19(23)21-17-6-5-16(24-3)13-18(17)25-4/h5-6,13-15,20H,7-12H2,1-4H3,(H,21,23). The minimum atomic E-state index is -0.156. The van der Waals surface area contributed by atoms with E-state index < -0.39 is 0 Å². The van der Waals surface area contributed by atoms with Crippen LogP contribution in [0.3, 0.4) is 0 Å². The molecule has 1 saturated heterocycles. The van der Waals surface area contributed by atoms with Crippen molar-refractivity contribution in [3.05, 3.63) is 18.2 Å². The number of piperidine rings is 1. The summed E-state index contributed by atoms with van der Waals surface area (Å²) >= 11 is 0. The molecule has 25 heavy (non-hydrogen) atoms. The molecule has 1 fully saturated rings. The maximum atomic E-state index is 12.6. The van der Waals surface area contributed by atoms with Gasteiger partial charge in [0.05, 0.1) is 25.9 Å². The normalized spacial score (nSPS) is 17.1. The molecule has 6 nitrogen and oxygen atoms in total. The molecule has 1 aromatic rings. The number of likely N-dealkylation sites (tertiary alicyclic amines) is 1. The number of methoxy groups -OCH3 is 2. The summed E-state index contributed by atoms with van der Waals surface area (Å²) in [5.74, 6) is 2.06. The van der Waals surface area contributed by atoms with Crippen molar-refractivity contribution in [3.63, 3.8) is 0 Å². The summed E-state index contributed by atoms with van der Waals surface area (Å²) in [6.45, 7) is 4.99. The Labute approximate surface area is 150 Å². The number of hydrogen-bond acceptors (Lipinski definition) is 5. The maximum Gasteiger partial charge on any atom is 0.241 e. The molecule has 1 aliphatic heterocycles. The minimum Gasteiger partial charge on any atom is -0.497 e. The quantitative estimate of drug-likeness (QED) is 0.754. The number of amides is 1. The van der Waals surface area contributed by atoms with Gasteiger partial charge in [-0.3, -0.25) is 9.69 Å². The van der Waals surface area contributed by atoms with Gasteiger partial charge in [0.2, 0.25) is 5.91 Å². The highest BCUT2D eigenvalue weighted by molar-refractivity contribution is 5.96. The molecule has 2 N–H and O–H groups in total. The maximum absolute atomic E-state index is 12.6. The molecule has 140 valence electrons. The van der Waals surface area contributed by atoms with Crippen molar-refractivity contribution in [1.29, 1.82) is 0 Å². The van der Waals surface area contributed by atoms with E-state index in [-0.39, 0.29) is 11.9 Å². The second kappa shape index (κ2) is 9.63. The number of ether oxygens (including phenoxy) is 2. The minimum absolute atomic E-state index is 0.00265. The Morgan fingerprint density at radius 1 is 1.28 bits per heavy atom. The number of carbonyl (C=O) groups excluding carboxylic acids is 1. The Bertz CT molecular complexity index is 557. The zero-order chi connectivity index (χ0) is 18.2. The number of carbonyl (C=O) groups is 1. The molecule has 0 aliphatic carbocycles. The lowest BCUT2D eigenvalue weighted by Gasteiger charge is -2.35. The van der Waals surface area contributed by atoms with Gasteiger partial charge < -0.3 is 20.1 Å². The van der Waals surface area contributed by atoms with E-state index in [0.717, 1.165) is 38.4 Å². The van der Waals surface area contributed by atoms with Crippen LogP contribution in [0.1, 0.15) is 26.2 Å². The van der Waals surface area contributed by atoms with Crippen LogP contribution in [-0.4, -0.2) is 57.8 Å². The van der Waals surface area contributed by atoms with E-state index in [0.29, 0.717) is 17.2 Å². The summed E-state index contributed by atoms with van der Waals surface area (Å²) < 4.78 is 10.5. The highest BCUT2D eigenvalue weighted by Crippen LogP contribution is 2.29. The summed E-state index contributed by atoms with van der Waals surface area (Å²) in [5, 5.41) is 6.20. The highest BCUT2D eigenvalue weighted by atomic mass is 16.5. The summed E-state index contributed by atoms with van der Waals surface area (Å²) in [5.41, 5.74) is 0.670. The summed E-state index contributed by atoms with van der Waals surface area (Å²) in [4.78, 5) is 14.9. The van der Waals surface area contributed by atoms with Crippen molar-refractivity contribution in [1.82, 2.24) is 10.2 Å². The lowest BCUT2D eigenvalue weighted by Crippen LogP contribution is -2.46. The van der Waals surface area contributed by atoms with Gasteiger partial charge in [0, 0.05) is 6.07 Å². The zero-order valence-corrected chi connectivity index (χ0v) is 15.8. The van der Waals surface area contributed by atoms with Crippen molar-refractivity contribution in [3.8, 4) is 11.5 Å². The second-order valence-corrected chi connectivity index (χ2v) is 6.60. The summed E-state index contributed by atoms with van der Waals surface area (Å²) in [6, 6.07) is 5.24. The Balaban J connectivity index is 1.91. The third-order valence-corrected chi connectivity index (χ3v) is 5.05. The van der Waals surface area contributed by atoms with E-state index in [1.165, 1.54) is 6.42 Å². The largest absolute Gasteiger partial charge is 0.497 e. The zero-order valence-electron chi connectivity index (χ0n) is 15.8. The Morgan fingerprint density at radius 2 is 2.00 bits per heavy atom. The molecule has 1 aromatic carbocycles. The molecule has 1 aliphatic rings. The van der Waals surface area contributed by atoms with E-state index in [4.69, 9.17) is 9.47 Å². The Hall–Kier alpha value is -1.79. The van der Waals surface area contributed by atoms with E-state index in [2.05, 4.69) is 15.5 Å². The molecule has 0 aromatic heterocycles. The van der Waals surface area contributed by atoms with Crippen molar-refractivity contribution >= 4 is 11.6 Å². The average Bonchev–Trinajstić information content (AvgIpc) is 2.66. The second-order valence-electron chi connectivity index (χ2n) is 6.60. The fourth-order valence-corrected chi connectivity index (χ4v) is 3.28. The van der Waals surface area contributed by atoms with Gasteiger partial charge in [-0.05, 0) is 70.9 Å². The molecule has 0 saturated carbocycles. The molecule has 0 spiro atoms. The number of hydrogen-bond donors (Lipinski definition) is 2. The number of benzene rings is 1. The van der Waals surface area contributed by atoms with Crippen LogP contribution in [0.4, 0.5) is 5.69 Å². The van der Waals surface area contributed by atoms with Crippen LogP contribution in [0.5, 0.6) is 11.5 Å². The lowest BCUT2D eigenvalue weighted by atomic mass is 9.93. The molecule has 2 rings (SSSR count). The number of anilines is 1. The van der Waals surface area contributed by atoms with Crippen LogP contribution < -0.4 is 20.1 Å². The van der Waals surface area contributed by atoms with Crippen molar-refractivity contribution in [2.24, 2.45) is 5.92 Å². The fourth-order valence-electron chi connectivity index (χ4n) is 3.28. The van der Waals surface area contributed by atoms with Gasteiger partial charge in [-0.1, -0.05) is 0 Å². The van der Waals surface area contributed by atoms with Crippen LogP contribution in [0.15, 0.2) is 18.2 Å². The lowest BCUT2D eigenvalue weighted by molar-refractivity contribution is -0.121. The molecule has 1 amide bonds. The van der Waals surface area contributed by atoms with E-state index in [9.17, 15) is 4.79 Å². The first kappa shape index (κ1) is 19.5. The smallest absolute Gasteiger partial charge is 0.241 e. The summed E-state index contributed by atoms with van der Waals surface area (Å²) in [7, 11) is 5.19. The van der Waals surface area contributed by atoms with Crippen molar-refractivity contribution in [2.75, 3.05) is 46.2 Å². The van der Waals surface area contributed by atoms with Crippen LogP contribution >= 0.6 is 0 Å². The van der Waals surface area contributed by atoms with Gasteiger partial charge in [0.1, 0.15) is 11.5 Å². The fraction of sp³-hybridized carbons (Fsp3) is 0.632. The highest BCUT2D eigenvalue weighted by Gasteiger charge is 2.26. The average molecular weight is 349 g/mol. The van der Waals surface area contributed by atoms with Crippen LogP contribution in [0.25, 0.3) is 0 Å². The molecular weight excluding hydrogens is 318 g/mol. The molecule has 0 bridgehead atoms. The van der Waals surface area contributed by atoms with Gasteiger partial charge >= 0.3 is 0 Å². The van der Waals surface area contributed by atoms with Gasteiger partial charge in [-0.15, -0.1) is 0 Å². The SMILES string of the molecule is CNCCC1CCN(C(C)C(=O)Nc2ccc(OC)cc2OC)CC1. The van der Waals surface area contributed by atoms with E-state index in [1.54, 1.807) is 20.3 Å². The van der Waals surface area contributed by atoms with Gasteiger partial charge in [-0.25, -0.2) is 0 Å². The van der Waals surface area contributed by atoms with Crippen molar-refractivity contribution in [2.45, 2.75) is 32.2 Å². The molecule has 1 heterocycles. The van der Waals surface area contributed by atoms with Gasteiger partial charge in [0.15, 0.2) is 0 Å². The predicted octanol–water partition coefficient (Wildman–Crippen LogP) is 2.35. The van der Waals surface area contributed by atoms with Crippen LogP contribution in [0.2, 0.25) is 0 Å². The van der Waals surface area contributed by atoms with Crippen molar-refractivity contribution < 1.29 is 14.3 Å². The first-order chi connectivity index (χ1) is 12.1. The summed E-state index contributed by atoms with van der Waals surface area (Å²) in [6.07, 6.45) is 3.53. The predicted molar refractivity (Wildman–Crippen MR) is 100 cm³/mol. The topological polar surface area (TPSA) is 62.8 Å². The number of rotatable bonds is 8. The molecule has 6 heteroatoms. The first-order valence-corrected chi connectivity index (χ1v) is 9.00. The third kappa shape index (κ3) is 5.34. The van der Waals surface area contributed by atoms with E-state index in [1.807, 2.05) is 26.1 Å². The number of nitrogens with zero attached hydrogens (tertiary/aromatic N) is 1. The monoisotopic (exact) mass is 349 g/mol. The molecular formula is C19H31N3O3. The first-order valence-electron chi connectivity index (χ1n) is 9.00. The van der Waals surface area contributed by atoms with Crippen LogP contribution in [-0.2, 0) is 4.79 Å².